The first-order valence-electron chi connectivity index (χ1n) is 5.53. The Labute approximate surface area is 95.3 Å². The molecule has 4 nitrogen and oxygen atoms in total. The molecule has 1 aliphatic rings. The van der Waals surface area contributed by atoms with Crippen molar-refractivity contribution in [2.24, 2.45) is 21.9 Å². The zero-order valence-electron chi connectivity index (χ0n) is 9.64. The van der Waals surface area contributed by atoms with E-state index < -0.39 is 0 Å². The molecule has 1 aromatic heterocycles. The molecule has 1 atom stereocenters. The number of amidine groups is 1. The minimum absolute atomic E-state index is 0.361. The zero-order chi connectivity index (χ0) is 11.5. The number of aryl methyl sites for hydroxylation is 1. The minimum atomic E-state index is 0.361. The van der Waals surface area contributed by atoms with E-state index in [0.29, 0.717) is 11.8 Å². The number of rotatable bonds is 2. The molecule has 0 saturated carbocycles. The number of nitrogens with zero attached hydrogens (tertiary/aromatic N) is 3. The van der Waals surface area contributed by atoms with Gasteiger partial charge in [0.2, 0.25) is 0 Å². The Morgan fingerprint density at radius 1 is 1.44 bits per heavy atom. The summed E-state index contributed by atoms with van der Waals surface area (Å²) in [5.74, 6) is 0.984. The van der Waals surface area contributed by atoms with Crippen LogP contribution in [-0.4, -0.2) is 16.5 Å². The standard InChI is InChI=1S/C12H16N4/c1-3-9-6-11(13)15-16-12(9)10-7-14-5-4-8(10)2/h4-5,7,9H,3,6H2,1-2H3,(H2,13,15). The van der Waals surface area contributed by atoms with E-state index in [1.807, 2.05) is 12.3 Å². The predicted octanol–water partition coefficient (Wildman–Crippen LogP) is 1.88. The Balaban J connectivity index is 2.43. The van der Waals surface area contributed by atoms with Crippen molar-refractivity contribution in [3.05, 3.63) is 29.6 Å². The lowest BCUT2D eigenvalue weighted by Gasteiger charge is -2.20. The van der Waals surface area contributed by atoms with Gasteiger partial charge >= 0.3 is 0 Å². The molecule has 1 unspecified atom stereocenters. The number of pyridine rings is 1. The van der Waals surface area contributed by atoms with Gasteiger partial charge in [-0.25, -0.2) is 0 Å². The van der Waals surface area contributed by atoms with Crippen molar-refractivity contribution in [1.82, 2.24) is 4.98 Å². The molecule has 0 aromatic carbocycles. The molecule has 0 saturated heterocycles. The first-order valence-corrected chi connectivity index (χ1v) is 5.53. The SMILES string of the molecule is CCC1CC(N)=NN=C1c1cnccc1C. The Morgan fingerprint density at radius 2 is 2.25 bits per heavy atom. The predicted molar refractivity (Wildman–Crippen MR) is 65.5 cm³/mol. The van der Waals surface area contributed by atoms with Crippen molar-refractivity contribution in [2.75, 3.05) is 0 Å². The molecule has 16 heavy (non-hydrogen) atoms. The summed E-state index contributed by atoms with van der Waals surface area (Å²) in [5.41, 5.74) is 8.99. The molecule has 4 heteroatoms. The number of hydrogen-bond donors (Lipinski definition) is 1. The highest BCUT2D eigenvalue weighted by Gasteiger charge is 2.22. The molecule has 2 rings (SSSR count). The van der Waals surface area contributed by atoms with Gasteiger partial charge in [-0.05, 0) is 25.0 Å². The van der Waals surface area contributed by atoms with Gasteiger partial charge in [0.1, 0.15) is 5.84 Å². The van der Waals surface area contributed by atoms with Gasteiger partial charge in [-0.2, -0.15) is 5.10 Å². The fourth-order valence-electron chi connectivity index (χ4n) is 1.93. The second kappa shape index (κ2) is 4.43. The highest BCUT2D eigenvalue weighted by atomic mass is 15.2. The normalized spacial score (nSPS) is 20.2. The molecule has 2 heterocycles. The van der Waals surface area contributed by atoms with Crippen molar-refractivity contribution in [1.29, 1.82) is 0 Å². The van der Waals surface area contributed by atoms with Gasteiger partial charge in [0, 0.05) is 30.3 Å². The molecular weight excluding hydrogens is 200 g/mol. The van der Waals surface area contributed by atoms with Gasteiger partial charge in [-0.3, -0.25) is 4.98 Å². The molecule has 0 aliphatic carbocycles. The fraction of sp³-hybridized carbons (Fsp3) is 0.417. The first kappa shape index (κ1) is 10.8. The van der Waals surface area contributed by atoms with Crippen molar-refractivity contribution in [2.45, 2.75) is 26.7 Å². The van der Waals surface area contributed by atoms with Crippen LogP contribution in [0.1, 0.15) is 30.9 Å². The molecular formula is C12H16N4. The number of hydrogen-bond acceptors (Lipinski definition) is 4. The monoisotopic (exact) mass is 216 g/mol. The van der Waals surface area contributed by atoms with Gasteiger partial charge in [-0.1, -0.05) is 6.92 Å². The van der Waals surface area contributed by atoms with Gasteiger partial charge in [0.25, 0.3) is 0 Å². The van der Waals surface area contributed by atoms with Crippen molar-refractivity contribution < 1.29 is 0 Å². The topological polar surface area (TPSA) is 63.6 Å². The summed E-state index contributed by atoms with van der Waals surface area (Å²) < 4.78 is 0. The second-order valence-corrected chi connectivity index (χ2v) is 4.08. The summed E-state index contributed by atoms with van der Waals surface area (Å²) in [6.07, 6.45) is 5.46. The third-order valence-electron chi connectivity index (χ3n) is 2.94. The van der Waals surface area contributed by atoms with Crippen LogP contribution < -0.4 is 5.73 Å². The van der Waals surface area contributed by atoms with Crippen LogP contribution in [0.2, 0.25) is 0 Å². The number of aromatic nitrogens is 1. The maximum Gasteiger partial charge on any atom is 0.123 e. The molecule has 0 fully saturated rings. The lowest BCUT2D eigenvalue weighted by atomic mass is 9.89. The maximum atomic E-state index is 5.71. The van der Waals surface area contributed by atoms with Crippen LogP contribution >= 0.6 is 0 Å². The van der Waals surface area contributed by atoms with Gasteiger partial charge < -0.3 is 5.73 Å². The lowest BCUT2D eigenvalue weighted by molar-refractivity contribution is 0.676. The lowest BCUT2D eigenvalue weighted by Crippen LogP contribution is -2.27. The van der Waals surface area contributed by atoms with E-state index in [9.17, 15) is 0 Å². The quantitative estimate of drug-likeness (QED) is 0.820. The van der Waals surface area contributed by atoms with E-state index in [2.05, 4.69) is 29.0 Å². The molecule has 0 spiro atoms. The zero-order valence-corrected chi connectivity index (χ0v) is 9.64. The molecule has 2 N–H and O–H groups in total. The minimum Gasteiger partial charge on any atom is -0.386 e. The Kier molecular flexibility index (Phi) is 2.99. The van der Waals surface area contributed by atoms with E-state index in [1.165, 1.54) is 5.56 Å². The molecule has 1 aliphatic heterocycles. The summed E-state index contributed by atoms with van der Waals surface area (Å²) >= 11 is 0. The summed E-state index contributed by atoms with van der Waals surface area (Å²) in [6, 6.07) is 1.99. The molecule has 84 valence electrons. The third-order valence-corrected chi connectivity index (χ3v) is 2.94. The van der Waals surface area contributed by atoms with Gasteiger partial charge in [0.15, 0.2) is 0 Å². The van der Waals surface area contributed by atoms with E-state index >= 15 is 0 Å². The smallest absolute Gasteiger partial charge is 0.123 e. The van der Waals surface area contributed by atoms with Crippen LogP contribution in [0.25, 0.3) is 0 Å². The highest BCUT2D eigenvalue weighted by Crippen LogP contribution is 2.22. The van der Waals surface area contributed by atoms with E-state index in [4.69, 9.17) is 5.73 Å². The first-order chi connectivity index (χ1) is 7.72. The van der Waals surface area contributed by atoms with Crippen molar-refractivity contribution in [3.8, 4) is 0 Å². The van der Waals surface area contributed by atoms with Gasteiger partial charge in [0.05, 0.1) is 5.71 Å². The van der Waals surface area contributed by atoms with Crippen LogP contribution in [0.4, 0.5) is 0 Å². The summed E-state index contributed by atoms with van der Waals surface area (Å²) in [6.45, 7) is 4.21. The number of nitrogens with two attached hydrogens (primary N) is 1. The highest BCUT2D eigenvalue weighted by molar-refractivity contribution is 6.06. The van der Waals surface area contributed by atoms with Crippen LogP contribution in [0.15, 0.2) is 28.7 Å². The van der Waals surface area contributed by atoms with Gasteiger partial charge in [-0.15, -0.1) is 5.10 Å². The Hall–Kier alpha value is -1.71. The van der Waals surface area contributed by atoms with Crippen LogP contribution in [0, 0.1) is 12.8 Å². The fourth-order valence-corrected chi connectivity index (χ4v) is 1.93. The van der Waals surface area contributed by atoms with E-state index in [1.54, 1.807) is 6.20 Å². The molecule has 0 amide bonds. The third kappa shape index (κ3) is 1.96. The summed E-state index contributed by atoms with van der Waals surface area (Å²) in [4.78, 5) is 4.15. The van der Waals surface area contributed by atoms with Crippen LogP contribution in [0.3, 0.4) is 0 Å². The van der Waals surface area contributed by atoms with E-state index in [0.717, 1.165) is 24.1 Å². The molecule has 1 aromatic rings. The molecule has 0 bridgehead atoms. The molecule has 0 radical (unpaired) electrons. The Morgan fingerprint density at radius 3 is 2.94 bits per heavy atom. The van der Waals surface area contributed by atoms with Crippen molar-refractivity contribution in [3.63, 3.8) is 0 Å². The maximum absolute atomic E-state index is 5.71. The Bertz CT molecular complexity index is 448. The average Bonchev–Trinajstić information content (AvgIpc) is 2.30. The second-order valence-electron chi connectivity index (χ2n) is 4.08. The van der Waals surface area contributed by atoms with Crippen LogP contribution in [0.5, 0.6) is 0 Å². The van der Waals surface area contributed by atoms with E-state index in [-0.39, 0.29) is 0 Å². The average molecular weight is 216 g/mol. The van der Waals surface area contributed by atoms with Crippen molar-refractivity contribution >= 4 is 11.5 Å². The van der Waals surface area contributed by atoms with Crippen LogP contribution in [-0.2, 0) is 0 Å². The largest absolute Gasteiger partial charge is 0.386 e. The summed E-state index contributed by atoms with van der Waals surface area (Å²) in [7, 11) is 0. The summed E-state index contributed by atoms with van der Waals surface area (Å²) in [5, 5.41) is 8.22.